The average molecular weight is 346 g/mol. The predicted octanol–water partition coefficient (Wildman–Crippen LogP) is 2.29. The van der Waals surface area contributed by atoms with E-state index in [1.807, 2.05) is 12.1 Å². The molecule has 0 radical (unpaired) electrons. The summed E-state index contributed by atoms with van der Waals surface area (Å²) in [6.45, 7) is 3.42. The number of rotatable bonds is 5. The van der Waals surface area contributed by atoms with Gasteiger partial charge in [0.25, 0.3) is 5.91 Å². The molecule has 1 aliphatic carbocycles. The van der Waals surface area contributed by atoms with Gasteiger partial charge in [0, 0.05) is 19.1 Å². The SMILES string of the molecule is CCOC(=O)N1CCC(NC(=O)COc2ccc3c(c2)CCC3)CC1. The molecule has 0 bridgehead atoms. The first-order valence-electron chi connectivity index (χ1n) is 9.11. The largest absolute Gasteiger partial charge is 0.484 e. The van der Waals surface area contributed by atoms with E-state index in [0.29, 0.717) is 19.7 Å². The van der Waals surface area contributed by atoms with Gasteiger partial charge in [-0.15, -0.1) is 0 Å². The van der Waals surface area contributed by atoms with Crippen molar-refractivity contribution in [3.63, 3.8) is 0 Å². The third kappa shape index (κ3) is 4.65. The Morgan fingerprint density at radius 2 is 1.96 bits per heavy atom. The van der Waals surface area contributed by atoms with E-state index in [0.717, 1.165) is 31.4 Å². The van der Waals surface area contributed by atoms with Crippen molar-refractivity contribution in [2.45, 2.75) is 45.1 Å². The molecule has 25 heavy (non-hydrogen) atoms. The Kier molecular flexibility index (Phi) is 5.79. The molecule has 1 aromatic carbocycles. The molecule has 1 saturated heterocycles. The number of carbonyl (C=O) groups is 2. The second-order valence-corrected chi connectivity index (χ2v) is 6.60. The van der Waals surface area contributed by atoms with E-state index in [-0.39, 0.29) is 24.6 Å². The monoisotopic (exact) mass is 346 g/mol. The second kappa shape index (κ2) is 8.23. The van der Waals surface area contributed by atoms with Gasteiger partial charge in [0.2, 0.25) is 0 Å². The van der Waals surface area contributed by atoms with E-state index in [4.69, 9.17) is 9.47 Å². The minimum absolute atomic E-state index is 0.0247. The Labute approximate surface area is 148 Å². The number of aryl methyl sites for hydroxylation is 2. The molecule has 1 aliphatic heterocycles. The molecule has 1 fully saturated rings. The lowest BCUT2D eigenvalue weighted by Crippen LogP contribution is -2.47. The number of nitrogens with one attached hydrogen (secondary N) is 1. The van der Waals surface area contributed by atoms with Crippen LogP contribution in [-0.4, -0.2) is 49.2 Å². The van der Waals surface area contributed by atoms with Gasteiger partial charge in [0.15, 0.2) is 6.61 Å². The number of hydrogen-bond acceptors (Lipinski definition) is 4. The number of carbonyl (C=O) groups excluding carboxylic acids is 2. The van der Waals surface area contributed by atoms with Gasteiger partial charge in [-0.05, 0) is 62.3 Å². The molecule has 2 aliphatic rings. The minimum Gasteiger partial charge on any atom is -0.484 e. The number of ether oxygens (including phenoxy) is 2. The summed E-state index contributed by atoms with van der Waals surface area (Å²) in [5.74, 6) is 0.642. The average Bonchev–Trinajstić information content (AvgIpc) is 3.08. The van der Waals surface area contributed by atoms with E-state index in [1.54, 1.807) is 11.8 Å². The molecule has 0 saturated carbocycles. The van der Waals surface area contributed by atoms with E-state index in [2.05, 4.69) is 11.4 Å². The number of fused-ring (bicyclic) bond motifs is 1. The summed E-state index contributed by atoms with van der Waals surface area (Å²) >= 11 is 0. The number of amides is 2. The highest BCUT2D eigenvalue weighted by Gasteiger charge is 2.24. The Bertz CT molecular complexity index is 624. The first-order chi connectivity index (χ1) is 12.2. The first-order valence-corrected chi connectivity index (χ1v) is 9.11. The molecule has 6 nitrogen and oxygen atoms in total. The van der Waals surface area contributed by atoms with Crippen LogP contribution in [0.2, 0.25) is 0 Å². The number of benzene rings is 1. The molecule has 0 aromatic heterocycles. The molecule has 2 amide bonds. The lowest BCUT2D eigenvalue weighted by atomic mass is 10.1. The van der Waals surface area contributed by atoms with Crippen LogP contribution in [0.15, 0.2) is 18.2 Å². The Balaban J connectivity index is 1.39. The van der Waals surface area contributed by atoms with Crippen molar-refractivity contribution in [2.75, 3.05) is 26.3 Å². The molecule has 1 N–H and O–H groups in total. The van der Waals surface area contributed by atoms with E-state index in [9.17, 15) is 9.59 Å². The van der Waals surface area contributed by atoms with Gasteiger partial charge in [-0.25, -0.2) is 4.79 Å². The topological polar surface area (TPSA) is 67.9 Å². The summed E-state index contributed by atoms with van der Waals surface area (Å²) in [4.78, 5) is 25.4. The van der Waals surface area contributed by atoms with Crippen LogP contribution in [0.1, 0.15) is 37.3 Å². The summed E-state index contributed by atoms with van der Waals surface area (Å²) in [7, 11) is 0. The minimum atomic E-state index is -0.271. The van der Waals surface area contributed by atoms with E-state index in [1.165, 1.54) is 17.5 Å². The summed E-state index contributed by atoms with van der Waals surface area (Å²) in [5, 5.41) is 2.99. The Morgan fingerprint density at radius 3 is 2.72 bits per heavy atom. The number of piperidine rings is 1. The maximum Gasteiger partial charge on any atom is 0.409 e. The van der Waals surface area contributed by atoms with Crippen LogP contribution in [-0.2, 0) is 22.4 Å². The van der Waals surface area contributed by atoms with Crippen LogP contribution in [0.3, 0.4) is 0 Å². The summed E-state index contributed by atoms with van der Waals surface area (Å²) in [6.07, 6.45) is 4.64. The number of nitrogens with zero attached hydrogens (tertiary/aromatic N) is 1. The lowest BCUT2D eigenvalue weighted by molar-refractivity contribution is -0.124. The fraction of sp³-hybridized carbons (Fsp3) is 0.579. The number of likely N-dealkylation sites (tertiary alicyclic amines) is 1. The van der Waals surface area contributed by atoms with Gasteiger partial charge in [-0.3, -0.25) is 4.79 Å². The molecular weight excluding hydrogens is 320 g/mol. The van der Waals surface area contributed by atoms with Gasteiger partial charge in [0.05, 0.1) is 6.61 Å². The maximum absolute atomic E-state index is 12.1. The van der Waals surface area contributed by atoms with Crippen molar-refractivity contribution in [1.29, 1.82) is 0 Å². The van der Waals surface area contributed by atoms with Crippen molar-refractivity contribution >= 4 is 12.0 Å². The molecule has 136 valence electrons. The number of hydrogen-bond donors (Lipinski definition) is 1. The smallest absolute Gasteiger partial charge is 0.409 e. The van der Waals surface area contributed by atoms with Gasteiger partial charge in [-0.2, -0.15) is 0 Å². The first kappa shape index (κ1) is 17.6. The quantitative estimate of drug-likeness (QED) is 0.888. The molecule has 0 unspecified atom stereocenters. The van der Waals surface area contributed by atoms with Crippen molar-refractivity contribution in [3.05, 3.63) is 29.3 Å². The highest BCUT2D eigenvalue weighted by atomic mass is 16.6. The van der Waals surface area contributed by atoms with Crippen LogP contribution < -0.4 is 10.1 Å². The van der Waals surface area contributed by atoms with Crippen molar-refractivity contribution < 1.29 is 19.1 Å². The fourth-order valence-corrected chi connectivity index (χ4v) is 3.48. The van der Waals surface area contributed by atoms with Gasteiger partial charge in [-0.1, -0.05) is 6.07 Å². The van der Waals surface area contributed by atoms with Crippen molar-refractivity contribution in [2.24, 2.45) is 0 Å². The van der Waals surface area contributed by atoms with Crippen LogP contribution in [0.5, 0.6) is 5.75 Å². The van der Waals surface area contributed by atoms with Crippen molar-refractivity contribution in [3.8, 4) is 5.75 Å². The molecule has 6 heteroatoms. The Morgan fingerprint density at radius 1 is 1.20 bits per heavy atom. The summed E-state index contributed by atoms with van der Waals surface area (Å²) in [6, 6.07) is 6.17. The van der Waals surface area contributed by atoms with Crippen LogP contribution in [0.25, 0.3) is 0 Å². The van der Waals surface area contributed by atoms with Crippen LogP contribution in [0, 0.1) is 0 Å². The fourth-order valence-electron chi connectivity index (χ4n) is 3.48. The van der Waals surface area contributed by atoms with Crippen molar-refractivity contribution in [1.82, 2.24) is 10.2 Å². The zero-order chi connectivity index (χ0) is 17.6. The zero-order valence-corrected chi connectivity index (χ0v) is 14.8. The van der Waals surface area contributed by atoms with Crippen LogP contribution in [0.4, 0.5) is 4.79 Å². The summed E-state index contributed by atoms with van der Waals surface area (Å²) < 4.78 is 10.6. The summed E-state index contributed by atoms with van der Waals surface area (Å²) in [5.41, 5.74) is 2.73. The van der Waals surface area contributed by atoms with Gasteiger partial charge < -0.3 is 19.7 Å². The molecule has 1 aromatic rings. The zero-order valence-electron chi connectivity index (χ0n) is 14.8. The third-order valence-electron chi connectivity index (χ3n) is 4.83. The second-order valence-electron chi connectivity index (χ2n) is 6.60. The van der Waals surface area contributed by atoms with E-state index < -0.39 is 0 Å². The standard InChI is InChI=1S/C19H26N2O4/c1-2-24-19(23)21-10-8-16(9-11-21)20-18(22)13-25-17-7-6-14-4-3-5-15(14)12-17/h6-7,12,16H,2-5,8-11,13H2,1H3,(H,20,22). The normalized spacial score (nSPS) is 17.1. The lowest BCUT2D eigenvalue weighted by Gasteiger charge is -2.31. The van der Waals surface area contributed by atoms with Gasteiger partial charge >= 0.3 is 6.09 Å². The predicted molar refractivity (Wildman–Crippen MR) is 93.7 cm³/mol. The molecular formula is C19H26N2O4. The van der Waals surface area contributed by atoms with Gasteiger partial charge in [0.1, 0.15) is 5.75 Å². The van der Waals surface area contributed by atoms with Crippen LogP contribution >= 0.6 is 0 Å². The highest BCUT2D eigenvalue weighted by Crippen LogP contribution is 2.25. The molecule has 0 spiro atoms. The maximum atomic E-state index is 12.1. The van der Waals surface area contributed by atoms with E-state index >= 15 is 0 Å². The molecule has 1 heterocycles. The highest BCUT2D eigenvalue weighted by molar-refractivity contribution is 5.78. The molecule has 0 atom stereocenters. The Hall–Kier alpha value is -2.24. The third-order valence-corrected chi connectivity index (χ3v) is 4.83. The molecule has 3 rings (SSSR count).